The van der Waals surface area contributed by atoms with Crippen LogP contribution in [0.2, 0.25) is 0 Å². The summed E-state index contributed by atoms with van der Waals surface area (Å²) in [5, 5.41) is 9.83. The van der Waals surface area contributed by atoms with Gasteiger partial charge >= 0.3 is 5.97 Å². The summed E-state index contributed by atoms with van der Waals surface area (Å²) in [4.78, 5) is 13.4. The Morgan fingerprint density at radius 3 is 2.37 bits per heavy atom. The van der Waals surface area contributed by atoms with Crippen molar-refractivity contribution < 1.29 is 27.4 Å². The molecule has 2 aromatic carbocycles. The molecule has 2 heterocycles. The Hall–Kier alpha value is -3.46. The van der Waals surface area contributed by atoms with Gasteiger partial charge in [0.2, 0.25) is 5.69 Å². The smallest absolute Gasteiger partial charge is 0.303 e. The zero-order valence-electron chi connectivity index (χ0n) is 29.2. The highest BCUT2D eigenvalue weighted by Gasteiger charge is 2.44. The lowest BCUT2D eigenvalue weighted by atomic mass is 9.81. The van der Waals surface area contributed by atoms with E-state index in [2.05, 4.69) is 97.9 Å². The lowest BCUT2D eigenvalue weighted by Gasteiger charge is -2.27. The number of rotatable bonds is 14. The van der Waals surface area contributed by atoms with Crippen molar-refractivity contribution >= 4 is 44.8 Å². The van der Waals surface area contributed by atoms with Crippen molar-refractivity contribution in [3.05, 3.63) is 106 Å². The van der Waals surface area contributed by atoms with Crippen LogP contribution in [-0.2, 0) is 25.7 Å². The van der Waals surface area contributed by atoms with Crippen LogP contribution in [0.15, 0.2) is 94.7 Å². The van der Waals surface area contributed by atoms with Crippen molar-refractivity contribution in [1.82, 2.24) is 0 Å². The fraction of sp³-hybridized carbons (Fsp3) is 0.450. The van der Waals surface area contributed by atoms with E-state index in [4.69, 9.17) is 16.7 Å². The second-order valence-corrected chi connectivity index (χ2v) is 16.3. The molecule has 5 rings (SSSR count). The summed E-state index contributed by atoms with van der Waals surface area (Å²) in [5.74, 6) is -1.09. The van der Waals surface area contributed by atoms with Gasteiger partial charge in [-0.3, -0.25) is 4.79 Å². The van der Waals surface area contributed by atoms with Crippen LogP contribution in [0.25, 0.3) is 0 Å². The van der Waals surface area contributed by atoms with Crippen LogP contribution in [0, 0.1) is 0 Å². The molecule has 0 fully saturated rings. The second-order valence-electron chi connectivity index (χ2n) is 14.4. The highest BCUT2D eigenvalue weighted by Crippen LogP contribution is 2.48. The van der Waals surface area contributed by atoms with Gasteiger partial charge in [-0.1, -0.05) is 80.4 Å². The average molecular weight is 705 g/mol. The molecule has 0 amide bonds. The Morgan fingerprint density at radius 2 is 1.63 bits per heavy atom. The van der Waals surface area contributed by atoms with E-state index in [1.807, 2.05) is 12.1 Å². The van der Waals surface area contributed by atoms with Crippen LogP contribution in [0.5, 0.6) is 0 Å². The van der Waals surface area contributed by atoms with Crippen LogP contribution in [0.3, 0.4) is 0 Å². The maximum absolute atomic E-state index is 11.2. The normalized spacial score (nSPS) is 20.2. The summed E-state index contributed by atoms with van der Waals surface area (Å²) < 4.78 is 35.9. The number of benzene rings is 2. The molecule has 0 aromatic heterocycles. The molecule has 0 radical (unpaired) electrons. The first kappa shape index (κ1) is 36.8. The monoisotopic (exact) mass is 704 g/mol. The fourth-order valence-corrected chi connectivity index (χ4v) is 8.48. The fourth-order valence-electron chi connectivity index (χ4n) is 7.60. The van der Waals surface area contributed by atoms with Gasteiger partial charge < -0.3 is 14.6 Å². The maximum atomic E-state index is 11.2. The third-order valence-corrected chi connectivity index (χ3v) is 11.5. The van der Waals surface area contributed by atoms with Crippen LogP contribution in [-0.4, -0.2) is 53.2 Å². The van der Waals surface area contributed by atoms with Crippen molar-refractivity contribution in [2.45, 2.75) is 96.3 Å². The summed E-state index contributed by atoms with van der Waals surface area (Å²) in [5.41, 5.74) is 8.92. The molecule has 2 aliphatic heterocycles. The molecule has 49 heavy (non-hydrogen) atoms. The molecule has 7 nitrogen and oxygen atoms in total. The van der Waals surface area contributed by atoms with Gasteiger partial charge in [0.15, 0.2) is 5.71 Å². The summed E-state index contributed by atoms with van der Waals surface area (Å²) in [6.07, 6.45) is 15.1. The van der Waals surface area contributed by atoms with E-state index in [-0.39, 0.29) is 23.0 Å². The average Bonchev–Trinajstić information content (AvgIpc) is 3.39. The number of carboxylic acids is 1. The van der Waals surface area contributed by atoms with Gasteiger partial charge in [0.25, 0.3) is 0 Å². The molecule has 0 bridgehead atoms. The van der Waals surface area contributed by atoms with Gasteiger partial charge in [-0.25, -0.2) is 8.42 Å². The van der Waals surface area contributed by atoms with Crippen molar-refractivity contribution in [3.8, 4) is 0 Å². The van der Waals surface area contributed by atoms with Crippen LogP contribution >= 0.6 is 11.6 Å². The summed E-state index contributed by atoms with van der Waals surface area (Å²) in [6, 6.07) is 16.9. The maximum Gasteiger partial charge on any atom is 0.303 e. The quantitative estimate of drug-likeness (QED) is 0.120. The van der Waals surface area contributed by atoms with Crippen molar-refractivity contribution in [3.63, 3.8) is 0 Å². The number of aliphatic carboxylic acids is 1. The molecule has 1 aliphatic carbocycles. The van der Waals surface area contributed by atoms with E-state index in [1.54, 1.807) is 0 Å². The van der Waals surface area contributed by atoms with Gasteiger partial charge in [-0.05, 0) is 81.2 Å². The summed E-state index contributed by atoms with van der Waals surface area (Å²) in [7, 11) is -4.24. The molecule has 0 spiro atoms. The van der Waals surface area contributed by atoms with Crippen LogP contribution in [0.1, 0.15) is 96.6 Å². The molecule has 3 aliphatic rings. The first-order chi connectivity index (χ1) is 23.2. The third-order valence-electron chi connectivity index (χ3n) is 10.2. The van der Waals surface area contributed by atoms with Gasteiger partial charge in [0, 0.05) is 64.7 Å². The number of carbonyl (C=O) groups is 1. The second kappa shape index (κ2) is 15.2. The van der Waals surface area contributed by atoms with Crippen molar-refractivity contribution in [2.24, 2.45) is 0 Å². The number of hydrogen-bond acceptors (Lipinski definition) is 5. The molecule has 1 N–H and O–H groups in total. The molecule has 2 aromatic rings. The highest BCUT2D eigenvalue weighted by atomic mass is 35.5. The zero-order valence-corrected chi connectivity index (χ0v) is 30.7. The minimum Gasteiger partial charge on any atom is -0.748 e. The Morgan fingerprint density at radius 1 is 0.918 bits per heavy atom. The summed E-state index contributed by atoms with van der Waals surface area (Å²) in [6.45, 7) is 10.4. The molecule has 262 valence electrons. The van der Waals surface area contributed by atoms with Gasteiger partial charge in [0.05, 0.1) is 15.5 Å². The Balaban J connectivity index is 1.42. The SMILES string of the molecule is CC1(C)C(/C=C/C2=C(Cl)C(=C/C=C3/N(CCCCCC(=O)O)c4ccccc4C3(C)C)/CCC2)=[N+](CCCCS(=O)(=O)[O-])c2ccccc21. The number of halogens is 1. The van der Waals surface area contributed by atoms with E-state index in [1.165, 1.54) is 22.5 Å². The molecular formula is C40H49ClN2O5S. The number of fused-ring (bicyclic) bond motifs is 2. The Bertz CT molecular complexity index is 1850. The third kappa shape index (κ3) is 8.30. The zero-order chi connectivity index (χ0) is 35.4. The van der Waals surface area contributed by atoms with E-state index < -0.39 is 16.1 Å². The first-order valence-corrected chi connectivity index (χ1v) is 19.4. The molecule has 0 saturated heterocycles. The van der Waals surface area contributed by atoms with E-state index >= 15 is 0 Å². The molecule has 9 heteroatoms. The molecule has 0 atom stereocenters. The number of para-hydroxylation sites is 2. The predicted molar refractivity (Wildman–Crippen MR) is 198 cm³/mol. The van der Waals surface area contributed by atoms with Crippen LogP contribution < -0.4 is 4.90 Å². The molecule has 0 unspecified atom stereocenters. The summed E-state index contributed by atoms with van der Waals surface area (Å²) >= 11 is 7.16. The lowest BCUT2D eigenvalue weighted by molar-refractivity contribution is -0.438. The van der Waals surface area contributed by atoms with Crippen molar-refractivity contribution in [2.75, 3.05) is 23.7 Å². The lowest BCUT2D eigenvalue weighted by Crippen LogP contribution is -2.28. The number of allylic oxidation sites excluding steroid dienone is 8. The Kier molecular flexibility index (Phi) is 11.4. The standard InChI is InChI=1S/C40H49ClN2O5S/c1-39(2)31-17-7-9-19-33(31)42(26-11-5-6-21-37(44)45)35(39)24-22-29-15-14-16-30(38(29)41)23-25-36-40(3,4)32-18-8-10-20-34(32)43(36)27-12-13-28-49(46,47)48/h7-10,17-20,22-25H,5-6,11-16,21,26-28H2,1-4H3,(H-,44,45,46,47,48). The number of carboxylic acid groups (broad SMARTS) is 1. The van der Waals surface area contributed by atoms with Gasteiger partial charge in [-0.2, -0.15) is 4.58 Å². The van der Waals surface area contributed by atoms with Crippen molar-refractivity contribution in [1.29, 1.82) is 0 Å². The van der Waals surface area contributed by atoms with Gasteiger partial charge in [0.1, 0.15) is 6.54 Å². The highest BCUT2D eigenvalue weighted by molar-refractivity contribution is 7.85. The van der Waals surface area contributed by atoms with E-state index in [9.17, 15) is 17.8 Å². The topological polar surface area (TPSA) is 101 Å². The van der Waals surface area contributed by atoms with E-state index in [0.29, 0.717) is 25.8 Å². The largest absolute Gasteiger partial charge is 0.748 e. The minimum absolute atomic E-state index is 0.191. The first-order valence-electron chi connectivity index (χ1n) is 17.5. The number of anilines is 1. The predicted octanol–water partition coefficient (Wildman–Crippen LogP) is 8.87. The number of unbranched alkanes of at least 4 members (excludes halogenated alkanes) is 3. The Labute approximate surface area is 297 Å². The minimum atomic E-state index is -4.24. The van der Waals surface area contributed by atoms with Crippen LogP contribution in [0.4, 0.5) is 11.4 Å². The number of nitrogens with zero attached hydrogens (tertiary/aromatic N) is 2. The molecule has 0 saturated carbocycles. The number of hydrogen-bond donors (Lipinski definition) is 1. The van der Waals surface area contributed by atoms with Gasteiger partial charge in [-0.15, -0.1) is 0 Å². The molecular weight excluding hydrogens is 656 g/mol. The van der Waals surface area contributed by atoms with E-state index in [0.717, 1.165) is 66.2 Å².